The van der Waals surface area contributed by atoms with Crippen molar-refractivity contribution in [3.05, 3.63) is 34.9 Å². The second-order valence-electron chi connectivity index (χ2n) is 4.84. The highest BCUT2D eigenvalue weighted by molar-refractivity contribution is 6.31. The van der Waals surface area contributed by atoms with E-state index in [1.54, 1.807) is 18.2 Å². The Morgan fingerprint density at radius 3 is 3.05 bits per heavy atom. The van der Waals surface area contributed by atoms with E-state index in [2.05, 4.69) is 5.32 Å². The van der Waals surface area contributed by atoms with Crippen molar-refractivity contribution in [2.75, 3.05) is 0 Å². The number of allylic oxidation sites excluding steroid dienone is 4. The van der Waals surface area contributed by atoms with Crippen LogP contribution in [-0.4, -0.2) is 11.8 Å². The van der Waals surface area contributed by atoms with Crippen LogP contribution in [0.1, 0.15) is 19.8 Å². The molecule has 2 aliphatic rings. The topological polar surface area (TPSA) is 70.0 Å². The minimum Gasteiger partial charge on any atom is -0.295 e. The third kappa shape index (κ3) is 2.34. The van der Waals surface area contributed by atoms with Gasteiger partial charge in [0.2, 0.25) is 11.8 Å². The molecule has 0 radical (unpaired) electrons. The lowest BCUT2D eigenvalue weighted by molar-refractivity contribution is -0.127. The number of halogens is 1. The Balaban J connectivity index is 2.27. The van der Waals surface area contributed by atoms with Gasteiger partial charge in [0, 0.05) is 11.1 Å². The number of hydrogen-bond acceptors (Lipinski definition) is 3. The maximum absolute atomic E-state index is 12.1. The number of hydrogen-bond donors (Lipinski definition) is 1. The summed E-state index contributed by atoms with van der Waals surface area (Å²) in [4.78, 5) is 23.9. The van der Waals surface area contributed by atoms with Crippen molar-refractivity contribution in [2.24, 2.45) is 11.3 Å². The number of carbonyl (C=O) groups excluding carboxylic acids is 2. The molecule has 0 aromatic heterocycles. The second kappa shape index (κ2) is 5.02. The van der Waals surface area contributed by atoms with Crippen LogP contribution in [0.4, 0.5) is 0 Å². The highest BCUT2D eigenvalue weighted by Crippen LogP contribution is 2.44. The van der Waals surface area contributed by atoms with Gasteiger partial charge in [0.15, 0.2) is 0 Å². The van der Waals surface area contributed by atoms with Crippen LogP contribution < -0.4 is 5.32 Å². The summed E-state index contributed by atoms with van der Waals surface area (Å²) >= 11 is 5.90. The molecule has 0 saturated carbocycles. The molecular weight excluding hydrogens is 264 g/mol. The first kappa shape index (κ1) is 13.6. The Morgan fingerprint density at radius 1 is 1.63 bits per heavy atom. The number of rotatable bonds is 3. The standard InChI is InChI=1S/C14H13ClN2O2/c1-9(4-7-16)2-5-14-6-3-10(15)8-11(14)12(18)17-13(14)19/h3-4,6,8,11H,2,5H2,1H3,(H,17,18,19)/b9-4+. The first-order chi connectivity index (χ1) is 8.99. The monoisotopic (exact) mass is 276 g/mol. The number of nitrogens with zero attached hydrogens (tertiary/aromatic N) is 1. The molecule has 98 valence electrons. The molecule has 1 N–H and O–H groups in total. The number of nitriles is 1. The number of nitrogens with one attached hydrogen (secondary N) is 1. The third-order valence-electron chi connectivity index (χ3n) is 3.61. The van der Waals surface area contributed by atoms with Crippen LogP contribution in [0.15, 0.2) is 34.9 Å². The molecule has 0 aromatic rings. The molecule has 4 nitrogen and oxygen atoms in total. The zero-order valence-corrected chi connectivity index (χ0v) is 11.2. The van der Waals surface area contributed by atoms with Crippen LogP contribution in [0.2, 0.25) is 0 Å². The van der Waals surface area contributed by atoms with Crippen LogP contribution >= 0.6 is 11.6 Å². The fourth-order valence-corrected chi connectivity index (χ4v) is 2.66. The summed E-state index contributed by atoms with van der Waals surface area (Å²) < 4.78 is 0. The van der Waals surface area contributed by atoms with E-state index < -0.39 is 11.3 Å². The van der Waals surface area contributed by atoms with Crippen LogP contribution in [0.25, 0.3) is 0 Å². The minimum absolute atomic E-state index is 0.288. The molecule has 2 unspecified atom stereocenters. The molecule has 2 amide bonds. The van der Waals surface area contributed by atoms with E-state index in [1.165, 1.54) is 6.08 Å². The summed E-state index contributed by atoms with van der Waals surface area (Å²) in [6.45, 7) is 1.83. The molecule has 1 heterocycles. The first-order valence-corrected chi connectivity index (χ1v) is 6.34. The molecule has 0 aromatic carbocycles. The van der Waals surface area contributed by atoms with E-state index in [0.717, 1.165) is 5.57 Å². The maximum Gasteiger partial charge on any atom is 0.237 e. The molecule has 1 aliphatic carbocycles. The maximum atomic E-state index is 12.1. The molecule has 1 fully saturated rings. The van der Waals surface area contributed by atoms with Gasteiger partial charge in [-0.3, -0.25) is 14.9 Å². The van der Waals surface area contributed by atoms with Gasteiger partial charge in [0.05, 0.1) is 17.4 Å². The summed E-state index contributed by atoms with van der Waals surface area (Å²) in [6, 6.07) is 1.96. The van der Waals surface area contributed by atoms with E-state index in [0.29, 0.717) is 17.9 Å². The van der Waals surface area contributed by atoms with E-state index in [-0.39, 0.29) is 11.8 Å². The van der Waals surface area contributed by atoms with Crippen molar-refractivity contribution in [1.82, 2.24) is 5.32 Å². The lowest BCUT2D eigenvalue weighted by Crippen LogP contribution is -2.34. The lowest BCUT2D eigenvalue weighted by atomic mass is 9.71. The van der Waals surface area contributed by atoms with E-state index in [4.69, 9.17) is 16.9 Å². The predicted molar refractivity (Wildman–Crippen MR) is 70.8 cm³/mol. The minimum atomic E-state index is -0.861. The van der Waals surface area contributed by atoms with Gasteiger partial charge in [-0.2, -0.15) is 5.26 Å². The van der Waals surface area contributed by atoms with Crippen molar-refractivity contribution in [2.45, 2.75) is 19.8 Å². The van der Waals surface area contributed by atoms with Gasteiger partial charge in [0.1, 0.15) is 0 Å². The Morgan fingerprint density at radius 2 is 2.37 bits per heavy atom. The van der Waals surface area contributed by atoms with E-state index in [9.17, 15) is 9.59 Å². The summed E-state index contributed by atoms with van der Waals surface area (Å²) in [7, 11) is 0. The Kier molecular flexibility index (Phi) is 3.59. The normalized spacial score (nSPS) is 29.6. The van der Waals surface area contributed by atoms with Gasteiger partial charge < -0.3 is 0 Å². The summed E-state index contributed by atoms with van der Waals surface area (Å²) in [5, 5.41) is 11.4. The predicted octanol–water partition coefficient (Wildman–Crippen LogP) is 2.19. The average Bonchev–Trinajstić information content (AvgIpc) is 2.60. The quantitative estimate of drug-likeness (QED) is 0.634. The molecular formula is C14H13ClN2O2. The van der Waals surface area contributed by atoms with Crippen molar-refractivity contribution < 1.29 is 9.59 Å². The second-order valence-corrected chi connectivity index (χ2v) is 5.28. The highest BCUT2D eigenvalue weighted by Gasteiger charge is 2.53. The molecule has 1 saturated heterocycles. The number of imide groups is 1. The molecule has 1 aliphatic heterocycles. The summed E-state index contributed by atoms with van der Waals surface area (Å²) in [6.07, 6.45) is 7.50. The van der Waals surface area contributed by atoms with Gasteiger partial charge in [-0.05, 0) is 25.8 Å². The Hall–Kier alpha value is -1.86. The molecule has 2 atom stereocenters. The fraction of sp³-hybridized carbons (Fsp3) is 0.357. The van der Waals surface area contributed by atoms with Crippen LogP contribution in [0, 0.1) is 22.7 Å². The van der Waals surface area contributed by atoms with E-state index in [1.807, 2.05) is 13.0 Å². The van der Waals surface area contributed by atoms with Gasteiger partial charge in [0.25, 0.3) is 0 Å². The lowest BCUT2D eigenvalue weighted by Gasteiger charge is -2.29. The Bertz CT molecular complexity index is 568. The van der Waals surface area contributed by atoms with Crippen molar-refractivity contribution in [3.63, 3.8) is 0 Å². The molecule has 2 rings (SSSR count). The van der Waals surface area contributed by atoms with Gasteiger partial charge in [-0.1, -0.05) is 29.3 Å². The summed E-state index contributed by atoms with van der Waals surface area (Å²) in [5.41, 5.74) is 0.0249. The molecule has 5 heteroatoms. The van der Waals surface area contributed by atoms with Gasteiger partial charge in [-0.25, -0.2) is 0 Å². The van der Waals surface area contributed by atoms with Gasteiger partial charge in [-0.15, -0.1) is 0 Å². The van der Waals surface area contributed by atoms with Crippen LogP contribution in [-0.2, 0) is 9.59 Å². The van der Waals surface area contributed by atoms with Gasteiger partial charge >= 0.3 is 0 Å². The third-order valence-corrected chi connectivity index (χ3v) is 3.86. The van der Waals surface area contributed by atoms with Crippen molar-refractivity contribution in [1.29, 1.82) is 5.26 Å². The molecule has 19 heavy (non-hydrogen) atoms. The van der Waals surface area contributed by atoms with E-state index >= 15 is 0 Å². The van der Waals surface area contributed by atoms with Crippen molar-refractivity contribution >= 4 is 23.4 Å². The largest absolute Gasteiger partial charge is 0.295 e. The zero-order valence-electron chi connectivity index (χ0n) is 10.4. The SMILES string of the molecule is C/C(=C\C#N)CCC12C=CC(Cl)=CC1C(=O)NC2=O. The molecule has 0 bridgehead atoms. The Labute approximate surface area is 116 Å². The highest BCUT2D eigenvalue weighted by atomic mass is 35.5. The number of carbonyl (C=O) groups is 2. The van der Waals surface area contributed by atoms with Crippen LogP contribution in [0.5, 0.6) is 0 Å². The number of fused-ring (bicyclic) bond motifs is 1. The number of amides is 2. The zero-order chi connectivity index (χ0) is 14.0. The summed E-state index contributed by atoms with van der Waals surface area (Å²) in [5.74, 6) is -1.15. The average molecular weight is 277 g/mol. The fourth-order valence-electron chi connectivity index (χ4n) is 2.47. The van der Waals surface area contributed by atoms with Crippen LogP contribution in [0.3, 0.4) is 0 Å². The first-order valence-electron chi connectivity index (χ1n) is 5.97. The van der Waals surface area contributed by atoms with Crippen molar-refractivity contribution in [3.8, 4) is 6.07 Å². The molecule has 0 spiro atoms. The smallest absolute Gasteiger partial charge is 0.237 e.